The fourth-order valence-electron chi connectivity index (χ4n) is 3.02. The summed E-state index contributed by atoms with van der Waals surface area (Å²) in [5.41, 5.74) is 8.22. The van der Waals surface area contributed by atoms with Crippen molar-refractivity contribution in [2.45, 2.75) is 58.4 Å². The molecule has 3 nitrogen and oxygen atoms in total. The standard InChI is InChI=1S/C15H27N3/c1-15(2)8-6-13(7-9-15)14(16)5-4-12-10-17-18(3)11-12/h10-11,13-14H,4-9,16H2,1-3H3. The number of aryl methyl sites for hydroxylation is 2. The summed E-state index contributed by atoms with van der Waals surface area (Å²) < 4.78 is 1.87. The van der Waals surface area contributed by atoms with E-state index in [0.29, 0.717) is 11.5 Å². The van der Waals surface area contributed by atoms with Crippen molar-refractivity contribution in [1.29, 1.82) is 0 Å². The van der Waals surface area contributed by atoms with Gasteiger partial charge < -0.3 is 5.73 Å². The third-order valence-electron chi connectivity index (χ3n) is 4.51. The van der Waals surface area contributed by atoms with Crippen LogP contribution in [0.15, 0.2) is 12.4 Å². The number of aromatic nitrogens is 2. The highest BCUT2D eigenvalue weighted by molar-refractivity contribution is 5.04. The third-order valence-corrected chi connectivity index (χ3v) is 4.51. The van der Waals surface area contributed by atoms with Crippen molar-refractivity contribution < 1.29 is 0 Å². The van der Waals surface area contributed by atoms with E-state index in [1.807, 2.05) is 17.9 Å². The molecule has 1 heterocycles. The van der Waals surface area contributed by atoms with E-state index in [1.165, 1.54) is 31.2 Å². The maximum Gasteiger partial charge on any atom is 0.0521 e. The minimum Gasteiger partial charge on any atom is -0.327 e. The lowest BCUT2D eigenvalue weighted by atomic mass is 9.70. The lowest BCUT2D eigenvalue weighted by Crippen LogP contribution is -2.35. The van der Waals surface area contributed by atoms with Crippen molar-refractivity contribution in [2.24, 2.45) is 24.1 Å². The quantitative estimate of drug-likeness (QED) is 0.891. The van der Waals surface area contributed by atoms with Crippen LogP contribution in [0.2, 0.25) is 0 Å². The Balaban J connectivity index is 1.77. The second-order valence-corrected chi connectivity index (χ2v) is 6.73. The molecule has 0 aliphatic heterocycles. The average Bonchev–Trinajstić information content (AvgIpc) is 2.72. The highest BCUT2D eigenvalue weighted by atomic mass is 15.2. The van der Waals surface area contributed by atoms with Gasteiger partial charge in [-0.05, 0) is 55.4 Å². The highest BCUT2D eigenvalue weighted by Crippen LogP contribution is 2.39. The van der Waals surface area contributed by atoms with E-state index in [1.54, 1.807) is 0 Å². The molecule has 1 saturated carbocycles. The molecule has 3 heteroatoms. The van der Waals surface area contributed by atoms with Gasteiger partial charge in [0.2, 0.25) is 0 Å². The van der Waals surface area contributed by atoms with Gasteiger partial charge in [-0.3, -0.25) is 4.68 Å². The van der Waals surface area contributed by atoms with E-state index in [-0.39, 0.29) is 0 Å². The Bertz CT molecular complexity index is 371. The van der Waals surface area contributed by atoms with Crippen LogP contribution in [0.1, 0.15) is 51.5 Å². The largest absolute Gasteiger partial charge is 0.327 e. The number of hydrogen-bond acceptors (Lipinski definition) is 2. The molecule has 102 valence electrons. The van der Waals surface area contributed by atoms with Crippen molar-refractivity contribution >= 4 is 0 Å². The normalized spacial score (nSPS) is 22.0. The lowest BCUT2D eigenvalue weighted by Gasteiger charge is -2.36. The van der Waals surface area contributed by atoms with Gasteiger partial charge in [-0.25, -0.2) is 0 Å². The Morgan fingerprint density at radius 1 is 1.44 bits per heavy atom. The van der Waals surface area contributed by atoms with Gasteiger partial charge in [0.05, 0.1) is 6.20 Å². The van der Waals surface area contributed by atoms with Gasteiger partial charge in [0.25, 0.3) is 0 Å². The molecule has 1 aromatic rings. The van der Waals surface area contributed by atoms with Crippen LogP contribution in [0.3, 0.4) is 0 Å². The first-order chi connectivity index (χ1) is 8.46. The van der Waals surface area contributed by atoms with Crippen molar-refractivity contribution in [3.05, 3.63) is 18.0 Å². The fourth-order valence-corrected chi connectivity index (χ4v) is 3.02. The smallest absolute Gasteiger partial charge is 0.0521 e. The first-order valence-electron chi connectivity index (χ1n) is 7.19. The van der Waals surface area contributed by atoms with Crippen LogP contribution < -0.4 is 5.73 Å². The summed E-state index contributed by atoms with van der Waals surface area (Å²) in [5, 5.41) is 4.20. The molecule has 2 N–H and O–H groups in total. The zero-order valence-electron chi connectivity index (χ0n) is 12.0. The number of hydrogen-bond donors (Lipinski definition) is 1. The molecule has 0 bridgehead atoms. The van der Waals surface area contributed by atoms with E-state index >= 15 is 0 Å². The van der Waals surface area contributed by atoms with Crippen LogP contribution in [0, 0.1) is 11.3 Å². The average molecular weight is 249 g/mol. The maximum absolute atomic E-state index is 6.36. The second kappa shape index (κ2) is 5.43. The zero-order valence-corrected chi connectivity index (χ0v) is 12.0. The monoisotopic (exact) mass is 249 g/mol. The summed E-state index contributed by atoms with van der Waals surface area (Å²) in [6, 6.07) is 0.362. The van der Waals surface area contributed by atoms with E-state index in [9.17, 15) is 0 Å². The van der Waals surface area contributed by atoms with E-state index in [0.717, 1.165) is 18.8 Å². The predicted molar refractivity (Wildman–Crippen MR) is 75.2 cm³/mol. The van der Waals surface area contributed by atoms with Crippen LogP contribution in [0.4, 0.5) is 0 Å². The summed E-state index contributed by atoms with van der Waals surface area (Å²) in [4.78, 5) is 0. The number of nitrogens with two attached hydrogens (primary N) is 1. The Kier molecular flexibility index (Phi) is 4.10. The summed E-state index contributed by atoms with van der Waals surface area (Å²) in [6.45, 7) is 4.76. The van der Waals surface area contributed by atoms with Gasteiger partial charge >= 0.3 is 0 Å². The Labute approximate surface area is 111 Å². The van der Waals surface area contributed by atoms with Crippen LogP contribution in [0.5, 0.6) is 0 Å². The molecular formula is C15H27N3. The van der Waals surface area contributed by atoms with Crippen LogP contribution in [-0.2, 0) is 13.5 Å². The van der Waals surface area contributed by atoms with Gasteiger partial charge in [0, 0.05) is 19.3 Å². The molecule has 1 unspecified atom stereocenters. The summed E-state index contributed by atoms with van der Waals surface area (Å²) in [6.07, 6.45) is 11.5. The molecule has 2 rings (SSSR count). The van der Waals surface area contributed by atoms with Gasteiger partial charge in [-0.15, -0.1) is 0 Å². The first-order valence-corrected chi connectivity index (χ1v) is 7.19. The Hall–Kier alpha value is -0.830. The van der Waals surface area contributed by atoms with Crippen molar-refractivity contribution in [2.75, 3.05) is 0 Å². The van der Waals surface area contributed by atoms with Gasteiger partial charge in [0.1, 0.15) is 0 Å². The molecule has 0 saturated heterocycles. The summed E-state index contributed by atoms with van der Waals surface area (Å²) in [7, 11) is 1.96. The first kappa shape index (κ1) is 13.6. The van der Waals surface area contributed by atoms with Gasteiger partial charge in [-0.1, -0.05) is 13.8 Å². The van der Waals surface area contributed by atoms with Crippen LogP contribution in [-0.4, -0.2) is 15.8 Å². The molecule has 1 aliphatic rings. The van der Waals surface area contributed by atoms with Gasteiger partial charge in [-0.2, -0.15) is 5.10 Å². The van der Waals surface area contributed by atoms with Gasteiger partial charge in [0.15, 0.2) is 0 Å². The van der Waals surface area contributed by atoms with E-state index < -0.39 is 0 Å². The molecule has 1 fully saturated rings. The Morgan fingerprint density at radius 2 is 2.11 bits per heavy atom. The topological polar surface area (TPSA) is 43.8 Å². The van der Waals surface area contributed by atoms with Crippen molar-refractivity contribution in [3.63, 3.8) is 0 Å². The molecule has 1 aromatic heterocycles. The number of nitrogens with zero attached hydrogens (tertiary/aromatic N) is 2. The van der Waals surface area contributed by atoms with E-state index in [4.69, 9.17) is 5.73 Å². The third kappa shape index (κ3) is 3.58. The minimum absolute atomic E-state index is 0.362. The minimum atomic E-state index is 0.362. The zero-order chi connectivity index (χ0) is 13.2. The van der Waals surface area contributed by atoms with E-state index in [2.05, 4.69) is 25.1 Å². The molecule has 18 heavy (non-hydrogen) atoms. The molecule has 0 amide bonds. The van der Waals surface area contributed by atoms with Crippen LogP contribution >= 0.6 is 0 Å². The van der Waals surface area contributed by atoms with Crippen molar-refractivity contribution in [1.82, 2.24) is 9.78 Å². The molecule has 1 atom stereocenters. The second-order valence-electron chi connectivity index (χ2n) is 6.73. The van der Waals surface area contributed by atoms with Crippen molar-refractivity contribution in [3.8, 4) is 0 Å². The SMILES string of the molecule is Cn1cc(CCC(N)C2CCC(C)(C)CC2)cn1. The molecule has 1 aliphatic carbocycles. The lowest BCUT2D eigenvalue weighted by molar-refractivity contribution is 0.170. The predicted octanol–water partition coefficient (Wildman–Crippen LogP) is 2.90. The summed E-state index contributed by atoms with van der Waals surface area (Å²) in [5.74, 6) is 0.731. The molecule has 0 radical (unpaired) electrons. The maximum atomic E-state index is 6.36. The fraction of sp³-hybridized carbons (Fsp3) is 0.800. The summed E-state index contributed by atoms with van der Waals surface area (Å²) >= 11 is 0. The molecule has 0 aromatic carbocycles. The van der Waals surface area contributed by atoms with Crippen LogP contribution in [0.25, 0.3) is 0 Å². The molecular weight excluding hydrogens is 222 g/mol. The highest BCUT2D eigenvalue weighted by Gasteiger charge is 2.29. The Morgan fingerprint density at radius 3 is 2.67 bits per heavy atom. The molecule has 0 spiro atoms. The number of rotatable bonds is 4.